The van der Waals surface area contributed by atoms with Crippen LogP contribution in [0.4, 0.5) is 0 Å². The summed E-state index contributed by atoms with van der Waals surface area (Å²) >= 11 is 0. The Morgan fingerprint density at radius 3 is 1.20 bits per heavy atom. The van der Waals surface area contributed by atoms with E-state index in [9.17, 15) is 61.0 Å². The third-order valence-electron chi connectivity index (χ3n) is 17.3. The van der Waals surface area contributed by atoms with Crippen LogP contribution < -0.4 is 5.32 Å². The van der Waals surface area contributed by atoms with Crippen LogP contribution in [0.25, 0.3) is 0 Å². The maximum absolute atomic E-state index is 13.3. The first-order chi connectivity index (χ1) is 43.8. The Morgan fingerprint density at radius 2 is 0.767 bits per heavy atom. The van der Waals surface area contributed by atoms with E-state index in [0.717, 1.165) is 96.3 Å². The molecule has 19 heteroatoms. The van der Waals surface area contributed by atoms with Gasteiger partial charge in [0.05, 0.1) is 38.6 Å². The molecule has 0 aromatic heterocycles. The van der Waals surface area contributed by atoms with Gasteiger partial charge in [0.15, 0.2) is 18.9 Å². The number of unbranched alkanes of at least 4 members (excludes halogenated alkanes) is 25. The van der Waals surface area contributed by atoms with E-state index in [0.29, 0.717) is 12.8 Å². The van der Waals surface area contributed by atoms with E-state index in [1.54, 1.807) is 0 Å². The molecular formula is C71H125NO18. The summed E-state index contributed by atoms with van der Waals surface area (Å²) in [5, 5.41) is 120. The van der Waals surface area contributed by atoms with Crippen LogP contribution in [-0.2, 0) is 33.2 Å². The number of hydrogen-bond acceptors (Lipinski definition) is 18. The first-order valence-corrected chi connectivity index (χ1v) is 35.2. The summed E-state index contributed by atoms with van der Waals surface area (Å²) in [6, 6.07) is -0.884. The van der Waals surface area contributed by atoms with Gasteiger partial charge in [-0.1, -0.05) is 241 Å². The van der Waals surface area contributed by atoms with Gasteiger partial charge in [0.2, 0.25) is 5.91 Å². The van der Waals surface area contributed by atoms with Gasteiger partial charge in [0, 0.05) is 6.42 Å². The van der Waals surface area contributed by atoms with Crippen molar-refractivity contribution in [3.8, 4) is 0 Å². The Bertz CT molecular complexity index is 1920. The second-order valence-corrected chi connectivity index (χ2v) is 25.0. The molecule has 1 amide bonds. The Balaban J connectivity index is 1.24. The first-order valence-electron chi connectivity index (χ1n) is 35.2. The van der Waals surface area contributed by atoms with E-state index in [1.165, 1.54) is 109 Å². The number of aliphatic hydroxyl groups excluding tert-OH is 11. The van der Waals surface area contributed by atoms with Gasteiger partial charge >= 0.3 is 0 Å². The van der Waals surface area contributed by atoms with E-state index in [1.807, 2.05) is 0 Å². The molecule has 0 aromatic rings. The van der Waals surface area contributed by atoms with Crippen molar-refractivity contribution in [1.29, 1.82) is 0 Å². The molecule has 3 fully saturated rings. The second-order valence-electron chi connectivity index (χ2n) is 25.0. The molecule has 12 N–H and O–H groups in total. The van der Waals surface area contributed by atoms with E-state index < -0.39 is 124 Å². The molecule has 0 aromatic carbocycles. The van der Waals surface area contributed by atoms with E-state index in [2.05, 4.69) is 92.1 Å². The molecule has 17 atom stereocenters. The highest BCUT2D eigenvalue weighted by Crippen LogP contribution is 2.33. The zero-order valence-electron chi connectivity index (χ0n) is 55.1. The number of rotatable bonds is 53. The third-order valence-corrected chi connectivity index (χ3v) is 17.3. The zero-order chi connectivity index (χ0) is 65.4. The fraction of sp³-hybridized carbons (Fsp3) is 0.817. The van der Waals surface area contributed by atoms with Crippen molar-refractivity contribution in [2.75, 3.05) is 26.4 Å². The van der Waals surface area contributed by atoms with Gasteiger partial charge in [-0.25, -0.2) is 0 Å². The summed E-state index contributed by atoms with van der Waals surface area (Å²) in [4.78, 5) is 13.3. The molecule has 17 unspecified atom stereocenters. The number of amides is 1. The van der Waals surface area contributed by atoms with Crippen molar-refractivity contribution in [2.45, 2.75) is 343 Å². The summed E-state index contributed by atoms with van der Waals surface area (Å²) in [6.45, 7) is 1.59. The van der Waals surface area contributed by atoms with Crippen LogP contribution in [0.2, 0.25) is 0 Å². The van der Waals surface area contributed by atoms with Crippen LogP contribution in [0.5, 0.6) is 0 Å². The molecule has 3 rings (SSSR count). The van der Waals surface area contributed by atoms with Gasteiger partial charge in [0.25, 0.3) is 0 Å². The van der Waals surface area contributed by atoms with Crippen LogP contribution in [0.3, 0.4) is 0 Å². The molecule has 0 saturated carbocycles. The largest absolute Gasteiger partial charge is 0.394 e. The number of carbonyl (C=O) groups excluding carboxylic acids is 1. The maximum atomic E-state index is 13.3. The summed E-state index contributed by atoms with van der Waals surface area (Å²) in [5.41, 5.74) is 0. The fourth-order valence-corrected chi connectivity index (χ4v) is 11.6. The monoisotopic (exact) mass is 1280 g/mol. The molecule has 19 nitrogen and oxygen atoms in total. The lowest BCUT2D eigenvalue weighted by Gasteiger charge is -2.48. The Hall–Kier alpha value is -2.77. The predicted octanol–water partition coefficient (Wildman–Crippen LogP) is 9.33. The SMILES string of the molecule is CC/C=C\C/C=C\C/C=C\C/C=C\C/C=C\C/C=C\CCCCCCCCCCCCCCCCCCCCCCC(=O)NC(COC1OC(CO)C(OC2OC(CO)C(OC3OC(CO)C(O)C(O)C3O)C(O)C2O)C(O)C1O)C(O)CCCCCCCC. The van der Waals surface area contributed by atoms with Gasteiger partial charge in [0.1, 0.15) is 73.2 Å². The highest BCUT2D eigenvalue weighted by molar-refractivity contribution is 5.76. The highest BCUT2D eigenvalue weighted by Gasteiger charge is 2.53. The third kappa shape index (κ3) is 34.1. The smallest absolute Gasteiger partial charge is 0.220 e. The molecule has 0 aliphatic carbocycles. The van der Waals surface area contributed by atoms with Crippen LogP contribution in [0.1, 0.15) is 239 Å². The Labute approximate surface area is 540 Å². The summed E-state index contributed by atoms with van der Waals surface area (Å²) < 4.78 is 34.2. The molecule has 3 aliphatic heterocycles. The Morgan fingerprint density at radius 1 is 0.411 bits per heavy atom. The van der Waals surface area contributed by atoms with Crippen LogP contribution >= 0.6 is 0 Å². The van der Waals surface area contributed by atoms with Crippen molar-refractivity contribution in [2.24, 2.45) is 0 Å². The molecular weight excluding hydrogens is 1150 g/mol. The molecule has 3 saturated heterocycles. The number of hydrogen-bond donors (Lipinski definition) is 12. The van der Waals surface area contributed by atoms with Gasteiger partial charge in [-0.05, 0) is 64.2 Å². The van der Waals surface area contributed by atoms with Crippen molar-refractivity contribution in [3.05, 3.63) is 72.9 Å². The fourth-order valence-electron chi connectivity index (χ4n) is 11.6. The lowest BCUT2D eigenvalue weighted by Crippen LogP contribution is -2.66. The molecule has 90 heavy (non-hydrogen) atoms. The molecule has 0 bridgehead atoms. The molecule has 3 heterocycles. The summed E-state index contributed by atoms with van der Waals surface area (Å²) in [7, 11) is 0. The normalized spacial score (nSPS) is 28.5. The molecule has 3 aliphatic rings. The van der Waals surface area contributed by atoms with Gasteiger partial charge in [-0.3, -0.25) is 4.79 Å². The van der Waals surface area contributed by atoms with Gasteiger partial charge in [-0.15, -0.1) is 0 Å². The standard InChI is InChI=1S/C71H125NO18/c1-3-5-7-9-11-12-13-14-15-16-17-18-19-20-21-22-23-24-25-26-27-28-29-30-31-32-33-34-35-36-37-38-39-40-41-42-43-45-47-49-59(77)72-54(55(76)48-46-44-10-8-6-4-2)53-85-69-65(83)62(80)67(57(51-74)87-69)90-71-66(84)63(81)68(58(52-75)88-71)89-70-64(82)61(79)60(78)56(50-73)86-70/h5,7,11-12,14-15,17-18,20-21,23-24,54-58,60-71,73-76,78-84H,3-4,6,8-10,13,16,19,22,25-53H2,1-2H3,(H,72,77)/b7-5-,12-11-,15-14-,18-17-,21-20-,24-23-. The predicted molar refractivity (Wildman–Crippen MR) is 351 cm³/mol. The van der Waals surface area contributed by atoms with E-state index in [-0.39, 0.29) is 18.9 Å². The van der Waals surface area contributed by atoms with Crippen LogP contribution in [-0.4, -0.2) is 193 Å². The van der Waals surface area contributed by atoms with Gasteiger partial charge in [-0.2, -0.15) is 0 Å². The molecule has 0 radical (unpaired) electrons. The lowest BCUT2D eigenvalue weighted by molar-refractivity contribution is -0.379. The van der Waals surface area contributed by atoms with Crippen molar-refractivity contribution < 1.29 is 89.4 Å². The average Bonchev–Trinajstić information content (AvgIpc) is 1.11. The molecule has 0 spiro atoms. The minimum Gasteiger partial charge on any atom is -0.394 e. The molecule has 522 valence electrons. The number of ether oxygens (including phenoxy) is 6. The van der Waals surface area contributed by atoms with Crippen molar-refractivity contribution >= 4 is 5.91 Å². The van der Waals surface area contributed by atoms with Crippen molar-refractivity contribution in [3.63, 3.8) is 0 Å². The minimum absolute atomic E-state index is 0.248. The summed E-state index contributed by atoms with van der Waals surface area (Å²) in [5.74, 6) is -0.248. The first kappa shape index (κ1) is 81.5. The maximum Gasteiger partial charge on any atom is 0.220 e. The van der Waals surface area contributed by atoms with Crippen LogP contribution in [0.15, 0.2) is 72.9 Å². The second kappa shape index (κ2) is 52.5. The van der Waals surface area contributed by atoms with E-state index in [4.69, 9.17) is 28.4 Å². The van der Waals surface area contributed by atoms with Gasteiger partial charge < -0.3 is 89.9 Å². The Kier molecular flexibility index (Phi) is 47.5. The number of carbonyl (C=O) groups is 1. The number of nitrogens with one attached hydrogen (secondary N) is 1. The average molecular weight is 1280 g/mol. The topological polar surface area (TPSA) is 307 Å². The lowest BCUT2D eigenvalue weighted by atomic mass is 9.96. The minimum atomic E-state index is -1.97. The number of allylic oxidation sites excluding steroid dienone is 12. The highest BCUT2D eigenvalue weighted by atomic mass is 16.8. The zero-order valence-corrected chi connectivity index (χ0v) is 55.1. The van der Waals surface area contributed by atoms with Crippen molar-refractivity contribution in [1.82, 2.24) is 5.32 Å². The van der Waals surface area contributed by atoms with Crippen LogP contribution in [0, 0.1) is 0 Å². The quantitative estimate of drug-likeness (QED) is 0.0199. The summed E-state index contributed by atoms with van der Waals surface area (Å²) in [6.07, 6.45) is 39.4. The van der Waals surface area contributed by atoms with E-state index >= 15 is 0 Å². The number of aliphatic hydroxyl groups is 11.